The van der Waals surface area contributed by atoms with Crippen LogP contribution in [0.3, 0.4) is 0 Å². The Kier molecular flexibility index (Phi) is 5.14. The van der Waals surface area contributed by atoms with Crippen molar-refractivity contribution in [2.45, 2.75) is 25.8 Å². The molecule has 0 aliphatic rings. The molecule has 0 radical (unpaired) electrons. The summed E-state index contributed by atoms with van der Waals surface area (Å²) in [6.07, 6.45) is 3.03. The predicted octanol–water partition coefficient (Wildman–Crippen LogP) is 1.63. The van der Waals surface area contributed by atoms with Gasteiger partial charge in [-0.15, -0.1) is 0 Å². The van der Waals surface area contributed by atoms with Gasteiger partial charge < -0.3 is 15.4 Å². The molecule has 0 aliphatic heterocycles. The van der Waals surface area contributed by atoms with Gasteiger partial charge in [0.05, 0.1) is 5.56 Å². The number of carbonyl (C=O) groups excluding carboxylic acids is 1. The van der Waals surface area contributed by atoms with E-state index in [1.165, 1.54) is 0 Å². The van der Waals surface area contributed by atoms with Crippen LogP contribution in [-0.2, 0) is 0 Å². The topological polar surface area (TPSA) is 65.1 Å². The lowest BCUT2D eigenvalue weighted by atomic mass is 10.1. The number of aliphatic hydroxyl groups excluding tert-OH is 1. The average Bonchev–Trinajstić information content (AvgIpc) is 2.28. The fraction of sp³-hybridized carbons (Fsp3) is 0.455. The Labute approximate surface area is 99.7 Å². The van der Waals surface area contributed by atoms with Gasteiger partial charge in [0.2, 0.25) is 0 Å². The molecule has 0 saturated carbocycles. The average molecular weight is 240 g/mol. The molecule has 0 fully saturated rings. The summed E-state index contributed by atoms with van der Waals surface area (Å²) in [4.78, 5) is 14.6. The number of aromatic amines is 1. The number of rotatable bonds is 5. The summed E-state index contributed by atoms with van der Waals surface area (Å²) in [6, 6.07) is 3.41. The van der Waals surface area contributed by atoms with Crippen molar-refractivity contribution in [1.29, 1.82) is 0 Å². The number of amides is 1. The molecule has 0 bridgehead atoms. The lowest BCUT2D eigenvalue weighted by Crippen LogP contribution is -2.35. The SMILES string of the molecule is CCC(CCO)NC(=O)c1ccc[nH]c1=S. The third-order valence-corrected chi connectivity index (χ3v) is 2.71. The van der Waals surface area contributed by atoms with Gasteiger partial charge >= 0.3 is 0 Å². The summed E-state index contributed by atoms with van der Waals surface area (Å²) >= 11 is 5.02. The van der Waals surface area contributed by atoms with Crippen LogP contribution in [0.25, 0.3) is 0 Å². The van der Waals surface area contributed by atoms with E-state index in [0.29, 0.717) is 16.6 Å². The van der Waals surface area contributed by atoms with Crippen molar-refractivity contribution in [3.63, 3.8) is 0 Å². The van der Waals surface area contributed by atoms with E-state index in [-0.39, 0.29) is 18.6 Å². The predicted molar refractivity (Wildman–Crippen MR) is 64.9 cm³/mol. The Morgan fingerprint density at radius 1 is 1.69 bits per heavy atom. The molecule has 0 spiro atoms. The number of aliphatic hydroxyl groups is 1. The number of pyridine rings is 1. The highest BCUT2D eigenvalue weighted by molar-refractivity contribution is 7.71. The molecule has 3 N–H and O–H groups in total. The van der Waals surface area contributed by atoms with Crippen LogP contribution in [0.2, 0.25) is 0 Å². The van der Waals surface area contributed by atoms with Gasteiger partial charge in [-0.05, 0) is 25.0 Å². The summed E-state index contributed by atoms with van der Waals surface area (Å²) in [6.45, 7) is 2.03. The van der Waals surface area contributed by atoms with Crippen molar-refractivity contribution in [2.75, 3.05) is 6.61 Å². The molecule has 88 valence electrons. The van der Waals surface area contributed by atoms with Gasteiger partial charge in [-0.1, -0.05) is 19.1 Å². The van der Waals surface area contributed by atoms with E-state index >= 15 is 0 Å². The first kappa shape index (κ1) is 12.9. The summed E-state index contributed by atoms with van der Waals surface area (Å²) in [5.74, 6) is -0.192. The van der Waals surface area contributed by atoms with Crippen molar-refractivity contribution >= 4 is 18.1 Å². The molecule has 1 atom stereocenters. The van der Waals surface area contributed by atoms with Gasteiger partial charge in [0.25, 0.3) is 5.91 Å². The molecule has 0 aliphatic carbocycles. The molecular formula is C11H16N2O2S. The highest BCUT2D eigenvalue weighted by Crippen LogP contribution is 2.03. The Hall–Kier alpha value is -1.20. The van der Waals surface area contributed by atoms with Gasteiger partial charge in [0.15, 0.2) is 0 Å². The Bertz CT molecular complexity index is 403. The van der Waals surface area contributed by atoms with Crippen molar-refractivity contribution < 1.29 is 9.90 Å². The lowest BCUT2D eigenvalue weighted by Gasteiger charge is -2.15. The Balaban J connectivity index is 2.72. The lowest BCUT2D eigenvalue weighted by molar-refractivity contribution is 0.0928. The van der Waals surface area contributed by atoms with Gasteiger partial charge in [0, 0.05) is 18.8 Å². The minimum atomic E-state index is -0.192. The second-order valence-electron chi connectivity index (χ2n) is 3.50. The van der Waals surface area contributed by atoms with Crippen LogP contribution in [0.1, 0.15) is 30.1 Å². The summed E-state index contributed by atoms with van der Waals surface area (Å²) in [5, 5.41) is 11.7. The second-order valence-corrected chi connectivity index (χ2v) is 3.91. The molecule has 1 aromatic rings. The molecule has 16 heavy (non-hydrogen) atoms. The number of aromatic nitrogens is 1. The van der Waals surface area contributed by atoms with Crippen molar-refractivity contribution in [3.05, 3.63) is 28.5 Å². The van der Waals surface area contributed by atoms with Crippen molar-refractivity contribution in [3.8, 4) is 0 Å². The monoisotopic (exact) mass is 240 g/mol. The third-order valence-electron chi connectivity index (χ3n) is 2.37. The van der Waals surface area contributed by atoms with E-state index in [4.69, 9.17) is 17.3 Å². The number of H-pyrrole nitrogens is 1. The van der Waals surface area contributed by atoms with E-state index in [1.807, 2.05) is 6.92 Å². The van der Waals surface area contributed by atoms with Crippen molar-refractivity contribution in [2.24, 2.45) is 0 Å². The first-order valence-electron chi connectivity index (χ1n) is 5.28. The van der Waals surface area contributed by atoms with Crippen LogP contribution in [0.15, 0.2) is 18.3 Å². The minimum absolute atomic E-state index is 0.00731. The number of hydrogen-bond acceptors (Lipinski definition) is 3. The normalized spacial score (nSPS) is 12.1. The summed E-state index contributed by atoms with van der Waals surface area (Å²) in [5.41, 5.74) is 0.467. The molecule has 4 nitrogen and oxygen atoms in total. The second kappa shape index (κ2) is 6.40. The quantitative estimate of drug-likeness (QED) is 0.685. The molecule has 1 amide bonds. The third kappa shape index (κ3) is 3.43. The molecular weight excluding hydrogens is 224 g/mol. The van der Waals surface area contributed by atoms with Crippen LogP contribution in [0, 0.1) is 4.64 Å². The van der Waals surface area contributed by atoms with E-state index in [2.05, 4.69) is 10.3 Å². The molecule has 1 unspecified atom stereocenters. The summed E-state index contributed by atoms with van der Waals surface area (Å²) < 4.78 is 0.429. The van der Waals surface area contributed by atoms with E-state index in [1.54, 1.807) is 18.3 Å². The van der Waals surface area contributed by atoms with E-state index < -0.39 is 0 Å². The van der Waals surface area contributed by atoms with Crippen LogP contribution >= 0.6 is 12.2 Å². The number of nitrogens with one attached hydrogen (secondary N) is 2. The van der Waals surface area contributed by atoms with Crippen LogP contribution in [-0.4, -0.2) is 28.6 Å². The highest BCUT2D eigenvalue weighted by Gasteiger charge is 2.12. The number of carbonyl (C=O) groups is 1. The fourth-order valence-corrected chi connectivity index (χ4v) is 1.63. The molecule has 0 saturated heterocycles. The van der Waals surface area contributed by atoms with Crippen LogP contribution in [0.4, 0.5) is 0 Å². The van der Waals surface area contributed by atoms with Crippen molar-refractivity contribution in [1.82, 2.24) is 10.3 Å². The molecule has 1 rings (SSSR count). The van der Waals surface area contributed by atoms with Gasteiger partial charge in [-0.2, -0.15) is 0 Å². The zero-order valence-corrected chi connectivity index (χ0v) is 10.0. The molecule has 0 aromatic carbocycles. The van der Waals surface area contributed by atoms with Gasteiger partial charge in [-0.25, -0.2) is 0 Å². The maximum Gasteiger partial charge on any atom is 0.254 e. The van der Waals surface area contributed by atoms with E-state index in [9.17, 15) is 4.79 Å². The van der Waals surface area contributed by atoms with Crippen LogP contribution in [0.5, 0.6) is 0 Å². The minimum Gasteiger partial charge on any atom is -0.396 e. The van der Waals surface area contributed by atoms with Gasteiger partial charge in [0.1, 0.15) is 4.64 Å². The zero-order chi connectivity index (χ0) is 12.0. The number of hydrogen-bond donors (Lipinski definition) is 3. The fourth-order valence-electron chi connectivity index (χ4n) is 1.40. The maximum atomic E-state index is 11.8. The standard InChI is InChI=1S/C11H16N2O2S/c1-2-8(5-7-14)13-10(15)9-4-3-6-12-11(9)16/h3-4,6,8,14H,2,5,7H2,1H3,(H,12,16)(H,13,15). The first-order valence-corrected chi connectivity index (χ1v) is 5.69. The smallest absolute Gasteiger partial charge is 0.254 e. The largest absolute Gasteiger partial charge is 0.396 e. The highest BCUT2D eigenvalue weighted by atomic mass is 32.1. The van der Waals surface area contributed by atoms with Crippen LogP contribution < -0.4 is 5.32 Å². The zero-order valence-electron chi connectivity index (χ0n) is 9.19. The molecule has 1 heterocycles. The summed E-state index contributed by atoms with van der Waals surface area (Å²) in [7, 11) is 0. The Morgan fingerprint density at radius 2 is 2.44 bits per heavy atom. The first-order chi connectivity index (χ1) is 7.69. The Morgan fingerprint density at radius 3 is 3.00 bits per heavy atom. The van der Waals surface area contributed by atoms with Gasteiger partial charge in [-0.3, -0.25) is 4.79 Å². The molecule has 1 aromatic heterocycles. The molecule has 5 heteroatoms. The maximum absolute atomic E-state index is 11.8. The van der Waals surface area contributed by atoms with E-state index in [0.717, 1.165) is 6.42 Å².